The Morgan fingerprint density at radius 2 is 2.35 bits per heavy atom. The molecule has 20 heavy (non-hydrogen) atoms. The molecule has 2 N–H and O–H groups in total. The van der Waals surface area contributed by atoms with Crippen molar-refractivity contribution in [3.63, 3.8) is 0 Å². The molecule has 1 aromatic rings. The van der Waals surface area contributed by atoms with E-state index < -0.39 is 10.0 Å². The highest BCUT2D eigenvalue weighted by atomic mass is 79.9. The smallest absolute Gasteiger partial charge is 0.242 e. The van der Waals surface area contributed by atoms with Crippen LogP contribution in [0.4, 0.5) is 0 Å². The zero-order valence-corrected chi connectivity index (χ0v) is 14.7. The Morgan fingerprint density at radius 3 is 2.95 bits per heavy atom. The van der Waals surface area contributed by atoms with Gasteiger partial charge in [0.25, 0.3) is 0 Å². The van der Waals surface area contributed by atoms with Crippen LogP contribution in [0.15, 0.2) is 14.7 Å². The van der Waals surface area contributed by atoms with E-state index in [-0.39, 0.29) is 12.1 Å². The van der Waals surface area contributed by atoms with E-state index in [1.54, 1.807) is 6.07 Å². The first-order chi connectivity index (χ1) is 9.44. The minimum absolute atomic E-state index is 0.0287. The fraction of sp³-hybridized carbons (Fsp3) is 0.667. The van der Waals surface area contributed by atoms with Gasteiger partial charge in [-0.05, 0) is 48.8 Å². The van der Waals surface area contributed by atoms with Crippen molar-refractivity contribution >= 4 is 37.3 Å². The van der Waals surface area contributed by atoms with Crippen LogP contribution in [0, 0.1) is 0 Å². The number of halogens is 1. The SMILES string of the molecule is CNCc1cc(S(=O)(=O)NC(C)C2CCCO2)c(Br)s1. The van der Waals surface area contributed by atoms with Gasteiger partial charge in [-0.25, -0.2) is 13.1 Å². The van der Waals surface area contributed by atoms with Gasteiger partial charge in [-0.15, -0.1) is 11.3 Å². The summed E-state index contributed by atoms with van der Waals surface area (Å²) in [6.45, 7) is 3.22. The third kappa shape index (κ3) is 3.80. The molecule has 5 nitrogen and oxygen atoms in total. The first-order valence-electron chi connectivity index (χ1n) is 6.51. The average Bonchev–Trinajstić information content (AvgIpc) is 2.98. The van der Waals surface area contributed by atoms with Crippen molar-refractivity contribution in [3.05, 3.63) is 14.7 Å². The minimum atomic E-state index is -3.52. The molecule has 0 aromatic carbocycles. The van der Waals surface area contributed by atoms with Crippen molar-refractivity contribution in [2.45, 2.75) is 43.4 Å². The lowest BCUT2D eigenvalue weighted by Crippen LogP contribution is -2.40. The van der Waals surface area contributed by atoms with Gasteiger partial charge in [-0.2, -0.15) is 0 Å². The maximum absolute atomic E-state index is 12.4. The summed E-state index contributed by atoms with van der Waals surface area (Å²) in [6, 6.07) is 1.48. The Hall–Kier alpha value is 0.01000. The predicted octanol–water partition coefficient (Wildman–Crippen LogP) is 2.08. The molecule has 8 heteroatoms. The lowest BCUT2D eigenvalue weighted by Gasteiger charge is -2.19. The highest BCUT2D eigenvalue weighted by Crippen LogP contribution is 2.32. The second-order valence-electron chi connectivity index (χ2n) is 4.84. The Kier molecular flexibility index (Phi) is 5.61. The van der Waals surface area contributed by atoms with Crippen LogP contribution in [0.25, 0.3) is 0 Å². The monoisotopic (exact) mass is 382 g/mol. The molecule has 0 radical (unpaired) electrons. The van der Waals surface area contributed by atoms with E-state index in [9.17, 15) is 8.42 Å². The topological polar surface area (TPSA) is 67.4 Å². The van der Waals surface area contributed by atoms with Crippen molar-refractivity contribution in [2.24, 2.45) is 0 Å². The van der Waals surface area contributed by atoms with Crippen molar-refractivity contribution < 1.29 is 13.2 Å². The Balaban J connectivity index is 2.13. The Labute approximate surface area is 132 Å². The van der Waals surface area contributed by atoms with E-state index in [4.69, 9.17) is 4.74 Å². The largest absolute Gasteiger partial charge is 0.377 e. The van der Waals surface area contributed by atoms with Gasteiger partial charge in [0.15, 0.2) is 0 Å². The third-order valence-corrected chi connectivity index (χ3v) is 7.02. The number of hydrogen-bond donors (Lipinski definition) is 2. The molecule has 0 saturated carbocycles. The van der Waals surface area contributed by atoms with Crippen molar-refractivity contribution in [1.29, 1.82) is 0 Å². The number of thiophene rings is 1. The molecule has 0 amide bonds. The second kappa shape index (κ2) is 6.85. The molecule has 1 aromatic heterocycles. The molecule has 1 aliphatic heterocycles. The third-order valence-electron chi connectivity index (χ3n) is 3.21. The highest BCUT2D eigenvalue weighted by molar-refractivity contribution is 9.11. The standard InChI is InChI=1S/C12H19BrN2O3S2/c1-8(10-4-3-5-18-10)15-20(16,17)11-6-9(7-14-2)19-12(11)13/h6,8,10,14-15H,3-5,7H2,1-2H3. The number of hydrogen-bond acceptors (Lipinski definition) is 5. The number of ether oxygens (including phenoxy) is 1. The van der Waals surface area contributed by atoms with E-state index in [0.717, 1.165) is 17.7 Å². The molecular formula is C12H19BrN2O3S2. The van der Waals surface area contributed by atoms with Crippen LogP contribution in [-0.2, 0) is 21.3 Å². The Bertz CT molecular complexity index is 553. The molecule has 2 rings (SSSR count). The molecule has 0 aliphatic carbocycles. The maximum atomic E-state index is 12.4. The zero-order chi connectivity index (χ0) is 14.8. The minimum Gasteiger partial charge on any atom is -0.377 e. The molecule has 1 saturated heterocycles. The van der Waals surface area contributed by atoms with Gasteiger partial charge in [-0.1, -0.05) is 0 Å². The second-order valence-corrected chi connectivity index (χ2v) is 8.98. The Morgan fingerprint density at radius 1 is 1.60 bits per heavy atom. The lowest BCUT2D eigenvalue weighted by molar-refractivity contribution is 0.0902. The predicted molar refractivity (Wildman–Crippen MR) is 83.5 cm³/mol. The van der Waals surface area contributed by atoms with Crippen LogP contribution < -0.4 is 10.0 Å². The van der Waals surface area contributed by atoms with Gasteiger partial charge >= 0.3 is 0 Å². The van der Waals surface area contributed by atoms with Gasteiger partial charge < -0.3 is 10.1 Å². The molecule has 0 spiro atoms. The molecule has 0 bridgehead atoms. The average molecular weight is 383 g/mol. The van der Waals surface area contributed by atoms with Gasteiger partial charge in [0.2, 0.25) is 10.0 Å². The van der Waals surface area contributed by atoms with Gasteiger partial charge in [0.1, 0.15) is 4.90 Å². The summed E-state index contributed by atoms with van der Waals surface area (Å²) in [5, 5.41) is 3.02. The van der Waals surface area contributed by atoms with Gasteiger partial charge in [-0.3, -0.25) is 0 Å². The number of nitrogens with one attached hydrogen (secondary N) is 2. The van der Waals surface area contributed by atoms with Crippen molar-refractivity contribution in [1.82, 2.24) is 10.0 Å². The summed E-state index contributed by atoms with van der Waals surface area (Å²) >= 11 is 4.77. The lowest BCUT2D eigenvalue weighted by atomic mass is 10.1. The van der Waals surface area contributed by atoms with Crippen LogP contribution in [0.1, 0.15) is 24.6 Å². The summed E-state index contributed by atoms with van der Waals surface area (Å²) in [4.78, 5) is 1.28. The normalized spacial score (nSPS) is 21.2. The zero-order valence-electron chi connectivity index (χ0n) is 11.5. The molecule has 114 valence electrons. The van der Waals surface area contributed by atoms with Crippen LogP contribution in [-0.4, -0.2) is 34.2 Å². The van der Waals surface area contributed by atoms with E-state index >= 15 is 0 Å². The van der Waals surface area contributed by atoms with E-state index in [0.29, 0.717) is 21.8 Å². The molecule has 2 unspecified atom stereocenters. The molecular weight excluding hydrogens is 364 g/mol. The fourth-order valence-electron chi connectivity index (χ4n) is 2.22. The van der Waals surface area contributed by atoms with Crippen molar-refractivity contribution in [3.8, 4) is 0 Å². The van der Waals surface area contributed by atoms with E-state index in [1.165, 1.54) is 11.3 Å². The number of rotatable bonds is 6. The summed E-state index contributed by atoms with van der Waals surface area (Å²) in [5.41, 5.74) is 0. The molecule has 2 atom stereocenters. The van der Waals surface area contributed by atoms with Crippen molar-refractivity contribution in [2.75, 3.05) is 13.7 Å². The first kappa shape index (κ1) is 16.4. The first-order valence-corrected chi connectivity index (χ1v) is 9.60. The van der Waals surface area contributed by atoms with Crippen LogP contribution in [0.2, 0.25) is 0 Å². The van der Waals surface area contributed by atoms with Gasteiger partial charge in [0, 0.05) is 24.1 Å². The van der Waals surface area contributed by atoms with Crippen LogP contribution in [0.3, 0.4) is 0 Å². The van der Waals surface area contributed by atoms with Gasteiger partial charge in [0.05, 0.1) is 9.89 Å². The van der Waals surface area contributed by atoms with Crippen LogP contribution in [0.5, 0.6) is 0 Å². The quantitative estimate of drug-likeness (QED) is 0.790. The van der Waals surface area contributed by atoms with E-state index in [2.05, 4.69) is 26.0 Å². The number of sulfonamides is 1. The van der Waals surface area contributed by atoms with Crippen LogP contribution >= 0.6 is 27.3 Å². The summed E-state index contributed by atoms with van der Waals surface area (Å²) in [6.07, 6.45) is 1.86. The summed E-state index contributed by atoms with van der Waals surface area (Å²) in [5.74, 6) is 0. The molecule has 2 heterocycles. The fourth-order valence-corrected chi connectivity index (χ4v) is 6.19. The molecule has 1 aliphatic rings. The summed E-state index contributed by atoms with van der Waals surface area (Å²) in [7, 11) is -1.69. The highest BCUT2D eigenvalue weighted by Gasteiger charge is 2.28. The molecule has 1 fully saturated rings. The summed E-state index contributed by atoms with van der Waals surface area (Å²) < 4.78 is 33.7. The maximum Gasteiger partial charge on any atom is 0.242 e. The van der Waals surface area contributed by atoms with E-state index in [1.807, 2.05) is 14.0 Å².